The minimum atomic E-state index is -3.68. The molecule has 0 spiro atoms. The van der Waals surface area contributed by atoms with Crippen LogP contribution in [0.15, 0.2) is 28.0 Å². The second-order valence-electron chi connectivity index (χ2n) is 5.33. The Bertz CT molecular complexity index is 591. The van der Waals surface area contributed by atoms with Gasteiger partial charge in [-0.1, -0.05) is 43.5 Å². The van der Waals surface area contributed by atoms with Crippen LogP contribution in [0.5, 0.6) is 0 Å². The zero-order valence-corrected chi connectivity index (χ0v) is 15.0. The fourth-order valence-corrected chi connectivity index (χ4v) is 4.76. The lowest BCUT2D eigenvalue weighted by molar-refractivity contribution is 0.152. The van der Waals surface area contributed by atoms with Crippen molar-refractivity contribution in [2.75, 3.05) is 0 Å². The van der Waals surface area contributed by atoms with Crippen molar-refractivity contribution in [2.45, 2.75) is 50.5 Å². The van der Waals surface area contributed by atoms with Gasteiger partial charge in [0.15, 0.2) is 0 Å². The zero-order valence-electron chi connectivity index (χ0n) is 12.6. The molecule has 1 rings (SSSR count). The molecule has 0 aliphatic carbocycles. The van der Waals surface area contributed by atoms with Crippen molar-refractivity contribution in [2.24, 2.45) is 5.92 Å². The molecule has 0 amide bonds. The van der Waals surface area contributed by atoms with E-state index in [1.165, 1.54) is 6.07 Å². The number of hydrogen-bond acceptors (Lipinski definition) is 4. The van der Waals surface area contributed by atoms with E-state index in [0.717, 1.165) is 23.3 Å². The van der Waals surface area contributed by atoms with Crippen LogP contribution in [0.1, 0.15) is 34.1 Å². The number of aliphatic hydroxyl groups is 1. The second kappa shape index (κ2) is 7.74. The average molecular weight is 352 g/mol. The molecule has 2 N–H and O–H groups in total. The molecular formula is C14H22ClNO3S2. The van der Waals surface area contributed by atoms with E-state index in [-0.39, 0.29) is 10.1 Å². The number of allylic oxidation sites excluding steroid dienone is 1. The molecule has 120 valence electrons. The standard InChI is InChI=1S/C14H22ClNO3S2/c1-5-10(4)14(11(17)8-9(2)3)16-21(18,19)13-7-6-12(15)20-13/h6-8,10-11,14,16-17H,5H2,1-4H3/t10-,11+,14?/m0/s1. The number of thiophene rings is 1. The lowest BCUT2D eigenvalue weighted by Gasteiger charge is -2.27. The quantitative estimate of drug-likeness (QED) is 0.739. The van der Waals surface area contributed by atoms with Crippen molar-refractivity contribution in [3.63, 3.8) is 0 Å². The minimum Gasteiger partial charge on any atom is -0.387 e. The van der Waals surface area contributed by atoms with Gasteiger partial charge in [-0.05, 0) is 31.9 Å². The Morgan fingerprint density at radius 3 is 2.52 bits per heavy atom. The summed E-state index contributed by atoms with van der Waals surface area (Å²) in [7, 11) is -3.68. The van der Waals surface area contributed by atoms with Crippen LogP contribution in [0, 0.1) is 5.92 Å². The molecule has 0 bridgehead atoms. The maximum absolute atomic E-state index is 12.4. The van der Waals surface area contributed by atoms with E-state index >= 15 is 0 Å². The molecule has 0 aromatic carbocycles. The molecule has 0 aliphatic heterocycles. The van der Waals surface area contributed by atoms with Gasteiger partial charge in [-0.15, -0.1) is 11.3 Å². The minimum absolute atomic E-state index is 0.000749. The Balaban J connectivity index is 3.03. The summed E-state index contributed by atoms with van der Waals surface area (Å²) < 4.78 is 27.9. The molecule has 0 radical (unpaired) electrons. The van der Waals surface area contributed by atoms with Gasteiger partial charge in [-0.25, -0.2) is 13.1 Å². The summed E-state index contributed by atoms with van der Waals surface area (Å²) >= 11 is 6.79. The van der Waals surface area contributed by atoms with Crippen LogP contribution in [0.3, 0.4) is 0 Å². The smallest absolute Gasteiger partial charge is 0.250 e. The van der Waals surface area contributed by atoms with Crippen LogP contribution in [-0.2, 0) is 10.0 Å². The van der Waals surface area contributed by atoms with E-state index in [1.54, 1.807) is 12.1 Å². The summed E-state index contributed by atoms with van der Waals surface area (Å²) in [6, 6.07) is 2.44. The molecule has 4 nitrogen and oxygen atoms in total. The predicted octanol–water partition coefficient (Wildman–Crippen LogP) is 3.42. The summed E-state index contributed by atoms with van der Waals surface area (Å²) in [5.41, 5.74) is 0.939. The summed E-state index contributed by atoms with van der Waals surface area (Å²) in [4.78, 5) is 0. The second-order valence-corrected chi connectivity index (χ2v) is 8.98. The molecule has 1 aromatic rings. The number of hydrogen-bond donors (Lipinski definition) is 2. The molecule has 1 unspecified atom stereocenters. The third-order valence-corrected chi connectivity index (χ3v) is 6.42. The molecule has 0 saturated carbocycles. The normalized spacial score (nSPS) is 16.3. The van der Waals surface area contributed by atoms with Gasteiger partial charge in [0.05, 0.1) is 16.5 Å². The van der Waals surface area contributed by atoms with Crippen LogP contribution in [-0.4, -0.2) is 25.7 Å². The van der Waals surface area contributed by atoms with Crippen LogP contribution in [0.4, 0.5) is 0 Å². The van der Waals surface area contributed by atoms with Gasteiger partial charge in [0.25, 0.3) is 0 Å². The third kappa shape index (κ3) is 5.38. The number of rotatable bonds is 7. The Labute approximate surface area is 135 Å². The molecule has 0 saturated heterocycles. The van der Waals surface area contributed by atoms with E-state index in [4.69, 9.17) is 11.6 Å². The number of sulfonamides is 1. The maximum Gasteiger partial charge on any atom is 0.250 e. The molecule has 0 fully saturated rings. The van der Waals surface area contributed by atoms with Crippen LogP contribution in [0.25, 0.3) is 0 Å². The fourth-order valence-electron chi connectivity index (χ4n) is 1.90. The average Bonchev–Trinajstić information content (AvgIpc) is 2.81. The summed E-state index contributed by atoms with van der Waals surface area (Å²) in [6.07, 6.45) is 1.56. The van der Waals surface area contributed by atoms with Gasteiger partial charge in [-0.2, -0.15) is 0 Å². The highest BCUT2D eigenvalue weighted by Crippen LogP contribution is 2.26. The Morgan fingerprint density at radius 1 is 1.48 bits per heavy atom. The SMILES string of the molecule is CC[C@H](C)C(NS(=O)(=O)c1ccc(Cl)s1)[C@H](O)C=C(C)C. The molecule has 21 heavy (non-hydrogen) atoms. The molecule has 0 aliphatic rings. The summed E-state index contributed by atoms with van der Waals surface area (Å²) in [5, 5.41) is 10.3. The van der Waals surface area contributed by atoms with Crippen LogP contribution in [0.2, 0.25) is 4.34 Å². The Kier molecular flexibility index (Phi) is 6.87. The van der Waals surface area contributed by atoms with E-state index < -0.39 is 22.2 Å². The van der Waals surface area contributed by atoms with Crippen LogP contribution < -0.4 is 4.72 Å². The van der Waals surface area contributed by atoms with Crippen LogP contribution >= 0.6 is 22.9 Å². The van der Waals surface area contributed by atoms with Crippen molar-refractivity contribution in [3.05, 3.63) is 28.1 Å². The van der Waals surface area contributed by atoms with E-state index in [0.29, 0.717) is 4.34 Å². The predicted molar refractivity (Wildman–Crippen MR) is 88.3 cm³/mol. The number of nitrogens with one attached hydrogen (secondary N) is 1. The van der Waals surface area contributed by atoms with Crippen molar-refractivity contribution < 1.29 is 13.5 Å². The third-order valence-electron chi connectivity index (χ3n) is 3.23. The fraction of sp³-hybridized carbons (Fsp3) is 0.571. The molecule has 3 atom stereocenters. The van der Waals surface area contributed by atoms with E-state index in [1.807, 2.05) is 27.7 Å². The first-order chi connectivity index (χ1) is 9.67. The largest absolute Gasteiger partial charge is 0.387 e. The highest BCUT2D eigenvalue weighted by atomic mass is 35.5. The van der Waals surface area contributed by atoms with E-state index in [2.05, 4.69) is 4.72 Å². The summed E-state index contributed by atoms with van der Waals surface area (Å²) in [6.45, 7) is 7.61. The monoisotopic (exact) mass is 351 g/mol. The topological polar surface area (TPSA) is 66.4 Å². The van der Waals surface area contributed by atoms with Gasteiger partial charge in [0, 0.05) is 0 Å². The highest BCUT2D eigenvalue weighted by Gasteiger charge is 2.29. The van der Waals surface area contributed by atoms with Gasteiger partial charge in [0.2, 0.25) is 10.0 Å². The van der Waals surface area contributed by atoms with Crippen molar-refractivity contribution >= 4 is 33.0 Å². The van der Waals surface area contributed by atoms with Gasteiger partial charge in [0.1, 0.15) is 4.21 Å². The number of halogens is 1. The summed E-state index contributed by atoms with van der Waals surface area (Å²) in [5.74, 6) is 0.000749. The molecule has 7 heteroatoms. The lowest BCUT2D eigenvalue weighted by atomic mass is 9.94. The molecule has 1 aromatic heterocycles. The van der Waals surface area contributed by atoms with Crippen molar-refractivity contribution in [1.29, 1.82) is 0 Å². The highest BCUT2D eigenvalue weighted by molar-refractivity contribution is 7.91. The van der Waals surface area contributed by atoms with Gasteiger partial charge < -0.3 is 5.11 Å². The first kappa shape index (κ1) is 18.6. The van der Waals surface area contributed by atoms with Gasteiger partial charge >= 0.3 is 0 Å². The maximum atomic E-state index is 12.4. The van der Waals surface area contributed by atoms with Crippen molar-refractivity contribution in [1.82, 2.24) is 4.72 Å². The Hall–Kier alpha value is -0.400. The van der Waals surface area contributed by atoms with Gasteiger partial charge in [-0.3, -0.25) is 0 Å². The molecular weight excluding hydrogens is 330 g/mol. The first-order valence-corrected chi connectivity index (χ1v) is 9.46. The molecule has 1 heterocycles. The van der Waals surface area contributed by atoms with E-state index in [9.17, 15) is 13.5 Å². The number of aliphatic hydroxyl groups excluding tert-OH is 1. The first-order valence-electron chi connectivity index (χ1n) is 6.78. The zero-order chi connectivity index (χ0) is 16.2. The van der Waals surface area contributed by atoms with Crippen molar-refractivity contribution in [3.8, 4) is 0 Å². The lowest BCUT2D eigenvalue weighted by Crippen LogP contribution is -2.46. The Morgan fingerprint density at radius 2 is 2.10 bits per heavy atom.